The predicted molar refractivity (Wildman–Crippen MR) is 58.9 cm³/mol. The van der Waals surface area contributed by atoms with Crippen molar-refractivity contribution in [3.05, 3.63) is 0 Å². The van der Waals surface area contributed by atoms with E-state index in [1.807, 2.05) is 6.92 Å². The molecule has 0 saturated heterocycles. The highest BCUT2D eigenvalue weighted by molar-refractivity contribution is 5.66. The first kappa shape index (κ1) is 12.5. The monoisotopic (exact) mass is 214 g/mol. The van der Waals surface area contributed by atoms with Crippen molar-refractivity contribution in [3.63, 3.8) is 0 Å². The van der Waals surface area contributed by atoms with Crippen LogP contribution < -0.4 is 0 Å². The fourth-order valence-corrected chi connectivity index (χ4v) is 2.10. The summed E-state index contributed by atoms with van der Waals surface area (Å²) in [7, 11) is 0. The van der Waals surface area contributed by atoms with Crippen LogP contribution in [0.1, 0.15) is 58.3 Å². The molecule has 1 aliphatic rings. The molecule has 0 aromatic carbocycles. The first-order valence-corrected chi connectivity index (χ1v) is 6.05. The van der Waals surface area contributed by atoms with E-state index in [-0.39, 0.29) is 12.5 Å². The highest BCUT2D eigenvalue weighted by Gasteiger charge is 2.16. The third-order valence-electron chi connectivity index (χ3n) is 2.99. The summed E-state index contributed by atoms with van der Waals surface area (Å²) in [5.41, 5.74) is 0. The second-order valence-electron chi connectivity index (χ2n) is 4.49. The summed E-state index contributed by atoms with van der Waals surface area (Å²) in [5.74, 6) is -0.730. The van der Waals surface area contributed by atoms with Crippen molar-refractivity contribution in [2.45, 2.75) is 70.5 Å². The Morgan fingerprint density at radius 1 is 1.33 bits per heavy atom. The Balaban J connectivity index is 2.17. The molecule has 0 spiro atoms. The molecule has 0 aromatic rings. The van der Waals surface area contributed by atoms with Crippen molar-refractivity contribution in [2.75, 3.05) is 0 Å². The van der Waals surface area contributed by atoms with Gasteiger partial charge in [0.25, 0.3) is 0 Å². The van der Waals surface area contributed by atoms with Gasteiger partial charge in [-0.2, -0.15) is 0 Å². The lowest BCUT2D eigenvalue weighted by Gasteiger charge is -2.20. The van der Waals surface area contributed by atoms with Gasteiger partial charge in [0.15, 0.2) is 0 Å². The second kappa shape index (κ2) is 6.83. The highest BCUT2D eigenvalue weighted by Crippen LogP contribution is 2.21. The lowest BCUT2D eigenvalue weighted by atomic mass is 10.1. The van der Waals surface area contributed by atoms with E-state index in [4.69, 9.17) is 9.84 Å². The average Bonchev–Trinajstić information content (AvgIpc) is 2.43. The number of ether oxygens (including phenoxy) is 1. The van der Waals surface area contributed by atoms with E-state index < -0.39 is 5.97 Å². The molecule has 0 bridgehead atoms. The van der Waals surface area contributed by atoms with Crippen molar-refractivity contribution in [1.29, 1.82) is 0 Å². The van der Waals surface area contributed by atoms with Gasteiger partial charge in [-0.25, -0.2) is 0 Å². The third-order valence-corrected chi connectivity index (χ3v) is 2.99. The largest absolute Gasteiger partial charge is 0.481 e. The molecule has 1 aliphatic carbocycles. The molecule has 3 nitrogen and oxygen atoms in total. The van der Waals surface area contributed by atoms with Crippen molar-refractivity contribution < 1.29 is 14.6 Å². The van der Waals surface area contributed by atoms with E-state index in [2.05, 4.69) is 0 Å². The van der Waals surface area contributed by atoms with Crippen molar-refractivity contribution in [1.82, 2.24) is 0 Å². The molecule has 0 aliphatic heterocycles. The minimum atomic E-state index is -0.730. The summed E-state index contributed by atoms with van der Waals surface area (Å²) in [6.07, 6.45) is 8.77. The Morgan fingerprint density at radius 2 is 1.93 bits per heavy atom. The zero-order valence-corrected chi connectivity index (χ0v) is 9.58. The molecule has 0 amide bonds. The number of carboxylic acid groups (broad SMARTS) is 1. The summed E-state index contributed by atoms with van der Waals surface area (Å²) in [6.45, 7) is 1.98. The van der Waals surface area contributed by atoms with Gasteiger partial charge in [0, 0.05) is 6.42 Å². The Bertz CT molecular complexity index is 183. The SMILES string of the molecule is CC(CCC(=O)O)OC1CCCCCC1. The number of carbonyl (C=O) groups is 1. The topological polar surface area (TPSA) is 46.5 Å². The molecule has 1 rings (SSSR count). The van der Waals surface area contributed by atoms with Crippen LogP contribution in [0.3, 0.4) is 0 Å². The van der Waals surface area contributed by atoms with Gasteiger partial charge in [0.1, 0.15) is 0 Å². The van der Waals surface area contributed by atoms with Gasteiger partial charge < -0.3 is 9.84 Å². The molecule has 88 valence electrons. The number of aliphatic carboxylic acids is 1. The zero-order valence-electron chi connectivity index (χ0n) is 9.58. The van der Waals surface area contributed by atoms with Crippen LogP contribution in [-0.4, -0.2) is 23.3 Å². The van der Waals surface area contributed by atoms with Gasteiger partial charge in [0.2, 0.25) is 0 Å². The molecule has 0 radical (unpaired) electrons. The Labute approximate surface area is 91.8 Å². The summed E-state index contributed by atoms with van der Waals surface area (Å²) >= 11 is 0. The molecule has 1 saturated carbocycles. The van der Waals surface area contributed by atoms with Crippen LogP contribution in [-0.2, 0) is 9.53 Å². The third kappa shape index (κ3) is 5.78. The molecule has 15 heavy (non-hydrogen) atoms. The predicted octanol–water partition coefficient (Wildman–Crippen LogP) is 2.98. The van der Waals surface area contributed by atoms with Gasteiger partial charge in [-0.1, -0.05) is 25.7 Å². The fraction of sp³-hybridized carbons (Fsp3) is 0.917. The summed E-state index contributed by atoms with van der Waals surface area (Å²) in [4.78, 5) is 10.4. The molecule has 0 heterocycles. The number of hydrogen-bond acceptors (Lipinski definition) is 2. The standard InChI is InChI=1S/C12H22O3/c1-10(8-9-12(13)14)15-11-6-4-2-3-5-7-11/h10-11H,2-9H2,1H3,(H,13,14). The Kier molecular flexibility index (Phi) is 5.69. The summed E-state index contributed by atoms with van der Waals surface area (Å²) < 4.78 is 5.86. The Hall–Kier alpha value is -0.570. The number of carboxylic acids is 1. The molecule has 1 N–H and O–H groups in total. The van der Waals surface area contributed by atoms with Crippen LogP contribution in [0, 0.1) is 0 Å². The van der Waals surface area contributed by atoms with Crippen LogP contribution in [0.25, 0.3) is 0 Å². The van der Waals surface area contributed by atoms with Gasteiger partial charge in [-0.15, -0.1) is 0 Å². The van der Waals surface area contributed by atoms with E-state index in [0.717, 1.165) is 12.8 Å². The quantitative estimate of drug-likeness (QED) is 0.716. The maximum atomic E-state index is 10.4. The molecule has 3 heteroatoms. The van der Waals surface area contributed by atoms with E-state index in [9.17, 15) is 4.79 Å². The first-order chi connectivity index (χ1) is 7.18. The summed E-state index contributed by atoms with van der Waals surface area (Å²) in [6, 6.07) is 0. The van der Waals surface area contributed by atoms with Crippen LogP contribution in [0.15, 0.2) is 0 Å². The minimum absolute atomic E-state index is 0.0872. The maximum absolute atomic E-state index is 10.4. The van der Waals surface area contributed by atoms with Gasteiger partial charge in [0.05, 0.1) is 12.2 Å². The van der Waals surface area contributed by atoms with Crippen LogP contribution >= 0.6 is 0 Å². The normalized spacial score (nSPS) is 20.9. The van der Waals surface area contributed by atoms with E-state index in [1.165, 1.54) is 25.7 Å². The van der Waals surface area contributed by atoms with Crippen molar-refractivity contribution >= 4 is 5.97 Å². The van der Waals surface area contributed by atoms with Crippen molar-refractivity contribution in [3.8, 4) is 0 Å². The maximum Gasteiger partial charge on any atom is 0.303 e. The lowest BCUT2D eigenvalue weighted by molar-refractivity contribution is -0.138. The second-order valence-corrected chi connectivity index (χ2v) is 4.49. The number of rotatable bonds is 5. The lowest BCUT2D eigenvalue weighted by Crippen LogP contribution is -2.20. The zero-order chi connectivity index (χ0) is 11.1. The van der Waals surface area contributed by atoms with Crippen LogP contribution in [0.5, 0.6) is 0 Å². The smallest absolute Gasteiger partial charge is 0.303 e. The molecular weight excluding hydrogens is 192 g/mol. The molecule has 1 atom stereocenters. The summed E-state index contributed by atoms with van der Waals surface area (Å²) in [5, 5.41) is 8.56. The highest BCUT2D eigenvalue weighted by atomic mass is 16.5. The van der Waals surface area contributed by atoms with E-state index >= 15 is 0 Å². The first-order valence-electron chi connectivity index (χ1n) is 6.05. The number of hydrogen-bond donors (Lipinski definition) is 1. The minimum Gasteiger partial charge on any atom is -0.481 e. The Morgan fingerprint density at radius 3 is 2.47 bits per heavy atom. The molecule has 1 unspecified atom stereocenters. The van der Waals surface area contributed by atoms with Gasteiger partial charge in [-0.05, 0) is 26.2 Å². The average molecular weight is 214 g/mol. The van der Waals surface area contributed by atoms with Gasteiger partial charge in [-0.3, -0.25) is 4.79 Å². The molecule has 1 fully saturated rings. The molecule has 0 aromatic heterocycles. The van der Waals surface area contributed by atoms with Crippen LogP contribution in [0.2, 0.25) is 0 Å². The van der Waals surface area contributed by atoms with E-state index in [0.29, 0.717) is 12.5 Å². The van der Waals surface area contributed by atoms with Gasteiger partial charge >= 0.3 is 5.97 Å². The fourth-order valence-electron chi connectivity index (χ4n) is 2.10. The van der Waals surface area contributed by atoms with Crippen LogP contribution in [0.4, 0.5) is 0 Å². The van der Waals surface area contributed by atoms with Crippen molar-refractivity contribution in [2.24, 2.45) is 0 Å². The van der Waals surface area contributed by atoms with E-state index in [1.54, 1.807) is 0 Å². The molecular formula is C12H22O3.